The van der Waals surface area contributed by atoms with E-state index in [-0.39, 0.29) is 5.57 Å². The Hall–Kier alpha value is -3.86. The molecular weight excluding hydrogens is 866 g/mol. The van der Waals surface area contributed by atoms with Gasteiger partial charge < -0.3 is 14.8 Å². The van der Waals surface area contributed by atoms with Crippen LogP contribution in [0.1, 0.15) is 27.7 Å². The quantitative estimate of drug-likeness (QED) is 0.0739. The molecule has 0 spiro atoms. The van der Waals surface area contributed by atoms with E-state index in [0.717, 1.165) is 6.92 Å². The highest BCUT2D eigenvalue weighted by Gasteiger charge is 2.95. The van der Waals surface area contributed by atoms with Crippen molar-refractivity contribution in [3.8, 4) is 0 Å². The fraction of sp³-hybridized carbons (Fsp3) is 0.654. The summed E-state index contributed by atoms with van der Waals surface area (Å²) in [5.41, 5.74) is -3.83. The summed E-state index contributed by atoms with van der Waals surface area (Å²) in [5, 5.41) is 2.43. The molecule has 0 aliphatic rings. The maximum Gasteiger partial charge on any atom is 0.460 e. The van der Waals surface area contributed by atoms with Crippen LogP contribution in [0.15, 0.2) is 37.0 Å². The molecule has 0 aliphatic heterocycles. The van der Waals surface area contributed by atoms with E-state index < -0.39 is 112 Å². The summed E-state index contributed by atoms with van der Waals surface area (Å²) in [6.45, 7) is 10.9. The first-order valence-corrected chi connectivity index (χ1v) is 15.1. The minimum Gasteiger partial charge on any atom is -0.462 e. The minimum absolute atomic E-state index is 0.286. The summed E-state index contributed by atoms with van der Waals surface area (Å²) in [5.74, 6) is -62.5. The van der Waals surface area contributed by atoms with Crippen LogP contribution < -0.4 is 5.32 Å². The van der Waals surface area contributed by atoms with E-state index in [1.54, 1.807) is 6.58 Å². The second-order valence-corrected chi connectivity index (χ2v) is 12.4. The number of rotatable bonds is 15. The van der Waals surface area contributed by atoms with Crippen LogP contribution in [0.5, 0.6) is 0 Å². The zero-order chi connectivity index (χ0) is 46.3. The van der Waals surface area contributed by atoms with Crippen molar-refractivity contribution in [3.05, 3.63) is 37.0 Å². The molecule has 9 nitrogen and oxygen atoms in total. The predicted octanol–water partition coefficient (Wildman–Crippen LogP) is 7.74. The zero-order valence-electron chi connectivity index (χ0n) is 28.1. The molecule has 0 bridgehead atoms. The Balaban J connectivity index is -0.000000952. The smallest absolute Gasteiger partial charge is 0.460 e. The largest absolute Gasteiger partial charge is 0.462 e. The highest BCUT2D eigenvalue weighted by atomic mass is 32.2. The Labute approximate surface area is 301 Å². The molecule has 0 saturated carbocycles. The summed E-state index contributed by atoms with van der Waals surface area (Å²) in [6.07, 6.45) is -11.6. The number of nitrogens with one attached hydrogen (secondary N) is 1. The first-order chi connectivity index (χ1) is 24.1. The van der Waals surface area contributed by atoms with Crippen LogP contribution in [0.4, 0.5) is 87.8 Å². The van der Waals surface area contributed by atoms with Crippen molar-refractivity contribution in [1.29, 1.82) is 0 Å². The molecule has 0 heterocycles. The van der Waals surface area contributed by atoms with Gasteiger partial charge in [0.1, 0.15) is 5.57 Å². The third-order valence-corrected chi connectivity index (χ3v) is 6.64. The molecule has 0 rings (SSSR count). The van der Waals surface area contributed by atoms with Gasteiger partial charge in [0.05, 0.1) is 17.9 Å². The summed E-state index contributed by atoms with van der Waals surface area (Å²) < 4.78 is 292. The Morgan fingerprint density at radius 1 is 0.679 bits per heavy atom. The number of esters is 2. The van der Waals surface area contributed by atoms with Gasteiger partial charge in [-0.2, -0.15) is 96.2 Å². The van der Waals surface area contributed by atoms with Gasteiger partial charge in [-0.25, -0.2) is 9.59 Å². The topological polar surface area (TPSA) is 136 Å². The SMILES string of the molecule is C=C(C(=O)OCC)C(F)(F)C(F)(F)C(F)(F)C(F)(F)C(F)(F)C(F)(F)C(F)(F)C(F)(F)F.C=C(C)C(=O)NC(C)(C)CS(=O)(=O)O.C=CC(=O)OCC(F)(F)F. The van der Waals surface area contributed by atoms with Crippen LogP contribution in [-0.2, 0) is 34.0 Å². The molecule has 0 aliphatic carbocycles. The lowest BCUT2D eigenvalue weighted by atomic mass is 9.87. The standard InChI is InChI=1S/C13H7F17O2.C8H15NO4S.C5H5F3O2/c1-3-32-5(31)4(2)6(14,15)7(16,17)8(18,19)9(20,21)10(22,23)11(24,25)12(26,27)13(28,29)30;1-6(2)7(10)9-8(3,4)5-14(11,12)13;1-2-4(9)10-3-5(6,7)8/h2-3H2,1H3;1,5H2,2-4H3,(H,9,10)(H,11,12,13);2H,1,3H2. The van der Waals surface area contributed by atoms with E-state index >= 15 is 0 Å². The molecule has 0 aromatic heterocycles. The molecule has 0 fully saturated rings. The maximum atomic E-state index is 13.6. The van der Waals surface area contributed by atoms with Crippen molar-refractivity contribution in [1.82, 2.24) is 5.32 Å². The number of carbonyl (C=O) groups is 3. The lowest BCUT2D eigenvalue weighted by Crippen LogP contribution is -2.74. The number of hydrogen-bond acceptors (Lipinski definition) is 7. The van der Waals surface area contributed by atoms with E-state index in [9.17, 15) is 111 Å². The summed E-state index contributed by atoms with van der Waals surface area (Å²) in [7, 11) is -4.10. The van der Waals surface area contributed by atoms with Gasteiger partial charge in [-0.1, -0.05) is 19.7 Å². The molecule has 0 radical (unpaired) electrons. The molecule has 0 atom stereocenters. The van der Waals surface area contributed by atoms with Crippen molar-refractivity contribution in [2.45, 2.75) is 87.0 Å². The van der Waals surface area contributed by atoms with Gasteiger partial charge in [0.25, 0.3) is 10.1 Å². The fourth-order valence-electron chi connectivity index (χ4n) is 2.82. The molecule has 0 aromatic rings. The van der Waals surface area contributed by atoms with Crippen molar-refractivity contribution in [3.63, 3.8) is 0 Å². The highest BCUT2D eigenvalue weighted by Crippen LogP contribution is 2.64. The predicted molar refractivity (Wildman–Crippen MR) is 147 cm³/mol. The Kier molecular flexibility index (Phi) is 18.3. The second-order valence-electron chi connectivity index (χ2n) is 11.0. The van der Waals surface area contributed by atoms with Gasteiger partial charge in [-0.3, -0.25) is 9.35 Å². The number of hydrogen-bond donors (Lipinski definition) is 2. The fourth-order valence-corrected chi connectivity index (χ4v) is 3.80. The third kappa shape index (κ3) is 13.4. The normalized spacial score (nSPS) is 13.9. The molecule has 330 valence electrons. The molecule has 2 N–H and O–H groups in total. The van der Waals surface area contributed by atoms with Gasteiger partial charge in [0, 0.05) is 11.6 Å². The van der Waals surface area contributed by atoms with Crippen LogP contribution >= 0.6 is 0 Å². The summed E-state index contributed by atoms with van der Waals surface area (Å²) in [4.78, 5) is 32.1. The van der Waals surface area contributed by atoms with Gasteiger partial charge in [-0.15, -0.1) is 0 Å². The van der Waals surface area contributed by atoms with Crippen LogP contribution in [0.3, 0.4) is 0 Å². The van der Waals surface area contributed by atoms with Gasteiger partial charge in [0.2, 0.25) is 5.91 Å². The Morgan fingerprint density at radius 2 is 1.04 bits per heavy atom. The van der Waals surface area contributed by atoms with Crippen LogP contribution in [0.25, 0.3) is 0 Å². The van der Waals surface area contributed by atoms with E-state index in [1.165, 1.54) is 20.8 Å². The molecule has 0 unspecified atom stereocenters. The molecule has 0 saturated heterocycles. The van der Waals surface area contributed by atoms with Crippen LogP contribution in [0, 0.1) is 0 Å². The lowest BCUT2D eigenvalue weighted by molar-refractivity contribution is -0.460. The monoisotopic (exact) mass is 893 g/mol. The highest BCUT2D eigenvalue weighted by molar-refractivity contribution is 7.85. The molecule has 30 heteroatoms. The number of amides is 1. The number of halogens is 20. The first kappa shape index (κ1) is 56.5. The number of carbonyl (C=O) groups excluding carboxylic acids is 3. The first-order valence-electron chi connectivity index (χ1n) is 13.5. The van der Waals surface area contributed by atoms with Crippen molar-refractivity contribution >= 4 is 28.0 Å². The number of alkyl halides is 20. The maximum absolute atomic E-state index is 13.6. The zero-order valence-corrected chi connectivity index (χ0v) is 28.9. The van der Waals surface area contributed by atoms with Crippen LogP contribution in [0.2, 0.25) is 0 Å². The third-order valence-electron chi connectivity index (χ3n) is 5.55. The second kappa shape index (κ2) is 18.2. The minimum atomic E-state index is -8.73. The van der Waals surface area contributed by atoms with Crippen molar-refractivity contribution in [2.75, 3.05) is 19.0 Å². The van der Waals surface area contributed by atoms with Crippen molar-refractivity contribution < 1.29 is 125 Å². The lowest BCUT2D eigenvalue weighted by Gasteiger charge is -2.42. The van der Waals surface area contributed by atoms with Gasteiger partial charge in [0.15, 0.2) is 6.61 Å². The summed E-state index contributed by atoms with van der Waals surface area (Å²) in [6, 6.07) is 0. The molecular formula is C26H27F20NO8S. The summed E-state index contributed by atoms with van der Waals surface area (Å²) >= 11 is 0. The van der Waals surface area contributed by atoms with E-state index in [0.29, 0.717) is 6.08 Å². The average molecular weight is 894 g/mol. The van der Waals surface area contributed by atoms with E-state index in [2.05, 4.69) is 27.9 Å². The van der Waals surface area contributed by atoms with Crippen molar-refractivity contribution in [2.24, 2.45) is 0 Å². The molecule has 56 heavy (non-hydrogen) atoms. The van der Waals surface area contributed by atoms with Gasteiger partial charge >= 0.3 is 65.7 Å². The van der Waals surface area contributed by atoms with Crippen LogP contribution in [-0.4, -0.2) is 109 Å². The molecule has 1 amide bonds. The molecule has 0 aromatic carbocycles. The Morgan fingerprint density at radius 3 is 1.32 bits per heavy atom. The number of ether oxygens (including phenoxy) is 2. The average Bonchev–Trinajstić information content (AvgIpc) is 2.96. The van der Waals surface area contributed by atoms with Gasteiger partial charge in [-0.05, 0) is 27.7 Å². The van der Waals surface area contributed by atoms with E-state index in [1.807, 2.05) is 0 Å². The van der Waals surface area contributed by atoms with E-state index in [4.69, 9.17) is 4.55 Å². The Bertz CT molecular complexity index is 1550.